The molecule has 0 aliphatic carbocycles. The van der Waals surface area contributed by atoms with Crippen molar-refractivity contribution in [3.63, 3.8) is 0 Å². The van der Waals surface area contributed by atoms with Crippen LogP contribution >= 0.6 is 0 Å². The summed E-state index contributed by atoms with van der Waals surface area (Å²) in [6.07, 6.45) is 6.44. The molecule has 0 unspecified atom stereocenters. The molecule has 0 fully saturated rings. The lowest BCUT2D eigenvalue weighted by atomic mass is 10.3. The van der Waals surface area contributed by atoms with Crippen molar-refractivity contribution >= 4 is 5.97 Å². The molecule has 0 aromatic heterocycles. The van der Waals surface area contributed by atoms with Crippen molar-refractivity contribution in [3.05, 3.63) is 24.0 Å². The number of ether oxygens (including phenoxy) is 1. The number of aliphatic hydroxyl groups is 2. The van der Waals surface area contributed by atoms with Gasteiger partial charge >= 0.3 is 5.97 Å². The average Bonchev–Trinajstić information content (AvgIpc) is 2.39. The number of hydrogen-bond donors (Lipinski definition) is 3. The van der Waals surface area contributed by atoms with Crippen molar-refractivity contribution in [2.24, 2.45) is 5.73 Å². The molecule has 0 aromatic carbocycles. The first-order valence-corrected chi connectivity index (χ1v) is 6.42. The van der Waals surface area contributed by atoms with Crippen LogP contribution in [0.3, 0.4) is 0 Å². The number of hydrogen-bond acceptors (Lipinski definition) is 6. The van der Waals surface area contributed by atoms with Crippen molar-refractivity contribution in [3.8, 4) is 0 Å². The van der Waals surface area contributed by atoms with E-state index in [2.05, 4.69) is 0 Å². The number of nitrogens with zero attached hydrogens (tertiary/aromatic N) is 1. The second kappa shape index (κ2) is 11.6. The first-order chi connectivity index (χ1) is 9.15. The van der Waals surface area contributed by atoms with E-state index in [1.165, 1.54) is 6.08 Å². The minimum Gasteiger partial charge on any atom is -0.461 e. The predicted octanol–water partition coefficient (Wildman–Crippen LogP) is -0.0274. The molecule has 6 heteroatoms. The Morgan fingerprint density at radius 3 is 2.47 bits per heavy atom. The van der Waals surface area contributed by atoms with E-state index in [0.717, 1.165) is 12.8 Å². The van der Waals surface area contributed by atoms with E-state index < -0.39 is 5.97 Å². The van der Waals surface area contributed by atoms with Crippen molar-refractivity contribution < 1.29 is 19.7 Å². The van der Waals surface area contributed by atoms with Crippen molar-refractivity contribution in [1.82, 2.24) is 4.90 Å². The Morgan fingerprint density at radius 2 is 1.95 bits per heavy atom. The van der Waals surface area contributed by atoms with E-state index in [-0.39, 0.29) is 18.9 Å². The zero-order valence-electron chi connectivity index (χ0n) is 11.4. The zero-order valence-corrected chi connectivity index (χ0v) is 11.4. The number of carbonyl (C=O) groups is 1. The minimum atomic E-state index is -0.533. The van der Waals surface area contributed by atoms with Crippen LogP contribution in [0.4, 0.5) is 0 Å². The first-order valence-electron chi connectivity index (χ1n) is 6.42. The van der Waals surface area contributed by atoms with Crippen LogP contribution in [0.2, 0.25) is 0 Å². The van der Waals surface area contributed by atoms with Gasteiger partial charge in [-0.3, -0.25) is 0 Å². The molecule has 19 heavy (non-hydrogen) atoms. The van der Waals surface area contributed by atoms with E-state index in [0.29, 0.717) is 19.7 Å². The monoisotopic (exact) mass is 272 g/mol. The molecule has 0 bridgehead atoms. The van der Waals surface area contributed by atoms with E-state index in [9.17, 15) is 4.79 Å². The van der Waals surface area contributed by atoms with Gasteiger partial charge in [0.2, 0.25) is 0 Å². The highest BCUT2D eigenvalue weighted by atomic mass is 16.5. The molecular weight excluding hydrogens is 248 g/mol. The summed E-state index contributed by atoms with van der Waals surface area (Å²) in [6, 6.07) is 0. The lowest BCUT2D eigenvalue weighted by Crippen LogP contribution is -2.24. The fourth-order valence-electron chi connectivity index (χ4n) is 1.25. The van der Waals surface area contributed by atoms with Gasteiger partial charge in [-0.25, -0.2) is 4.79 Å². The highest BCUT2D eigenvalue weighted by Crippen LogP contribution is 1.96. The largest absolute Gasteiger partial charge is 0.461 e. The maximum atomic E-state index is 11.4. The number of esters is 1. The summed E-state index contributed by atoms with van der Waals surface area (Å²) in [5, 5.41) is 17.6. The molecule has 0 atom stereocenters. The molecule has 0 saturated heterocycles. The quantitative estimate of drug-likeness (QED) is 0.224. The molecule has 6 nitrogen and oxygen atoms in total. The Bertz CT molecular complexity index is 297. The van der Waals surface area contributed by atoms with E-state index in [4.69, 9.17) is 20.7 Å². The number of carbonyl (C=O) groups excluding carboxylic acids is 1. The van der Waals surface area contributed by atoms with Gasteiger partial charge in [-0.2, -0.15) is 0 Å². The Hall–Kier alpha value is -1.53. The van der Waals surface area contributed by atoms with Crippen LogP contribution in [0.5, 0.6) is 0 Å². The lowest BCUT2D eigenvalue weighted by Gasteiger charge is -2.16. The molecule has 0 spiro atoms. The van der Waals surface area contributed by atoms with Gasteiger partial charge in [0.25, 0.3) is 0 Å². The predicted molar refractivity (Wildman–Crippen MR) is 73.0 cm³/mol. The highest BCUT2D eigenvalue weighted by molar-refractivity contribution is 5.87. The van der Waals surface area contributed by atoms with Crippen molar-refractivity contribution in [1.29, 1.82) is 0 Å². The fourth-order valence-corrected chi connectivity index (χ4v) is 1.25. The van der Waals surface area contributed by atoms with E-state index >= 15 is 0 Å². The van der Waals surface area contributed by atoms with Crippen LogP contribution in [0, 0.1) is 0 Å². The molecule has 0 amide bonds. The maximum absolute atomic E-state index is 11.4. The van der Waals surface area contributed by atoms with Gasteiger partial charge in [0, 0.05) is 13.1 Å². The fraction of sp³-hybridized carbons (Fsp3) is 0.615. The summed E-state index contributed by atoms with van der Waals surface area (Å²) in [5.74, 6) is -0.533. The molecule has 0 radical (unpaired) electrons. The molecule has 110 valence electrons. The van der Waals surface area contributed by atoms with Gasteiger partial charge in [-0.15, -0.1) is 0 Å². The topological polar surface area (TPSA) is 96.0 Å². The van der Waals surface area contributed by atoms with Crippen LogP contribution in [-0.2, 0) is 9.53 Å². The SMILES string of the molecule is CCCCOC(=O)/C(N)=C\C=C\N(CCO)CCO. The van der Waals surface area contributed by atoms with Crippen molar-refractivity contribution in [2.45, 2.75) is 19.8 Å². The first kappa shape index (κ1) is 17.5. The molecule has 0 aromatic rings. The molecule has 4 N–H and O–H groups in total. The van der Waals surface area contributed by atoms with Crippen LogP contribution in [0.1, 0.15) is 19.8 Å². The summed E-state index contributed by atoms with van der Waals surface area (Å²) < 4.78 is 4.94. The normalized spacial score (nSPS) is 11.8. The second-order valence-electron chi connectivity index (χ2n) is 3.94. The number of rotatable bonds is 10. The van der Waals surface area contributed by atoms with Crippen LogP contribution < -0.4 is 5.73 Å². The Balaban J connectivity index is 4.22. The highest BCUT2D eigenvalue weighted by Gasteiger charge is 2.04. The third kappa shape index (κ3) is 9.10. The number of unbranched alkanes of at least 4 members (excludes halogenated alkanes) is 1. The van der Waals surface area contributed by atoms with Crippen LogP contribution in [0.25, 0.3) is 0 Å². The molecule has 0 saturated carbocycles. The van der Waals surface area contributed by atoms with E-state index in [1.807, 2.05) is 6.92 Å². The average molecular weight is 272 g/mol. The van der Waals surface area contributed by atoms with Crippen LogP contribution in [-0.4, -0.2) is 54.0 Å². The summed E-state index contributed by atoms with van der Waals surface area (Å²) in [6.45, 7) is 3.17. The van der Waals surface area contributed by atoms with Gasteiger partial charge in [-0.1, -0.05) is 13.3 Å². The number of aliphatic hydroxyl groups excluding tert-OH is 2. The standard InChI is InChI=1S/C13H24N2O4/c1-2-3-11-19-13(18)12(14)5-4-6-15(7-9-16)8-10-17/h4-6,16-17H,2-3,7-11,14H2,1H3/b6-4+,12-5+. The molecule has 0 rings (SSSR count). The minimum absolute atomic E-state index is 0.0113. The molecular formula is C13H24N2O4. The summed E-state index contributed by atoms with van der Waals surface area (Å²) in [4.78, 5) is 13.1. The number of nitrogens with two attached hydrogens (primary N) is 1. The molecule has 0 aliphatic rings. The lowest BCUT2D eigenvalue weighted by molar-refractivity contribution is -0.139. The smallest absolute Gasteiger partial charge is 0.354 e. The summed E-state index contributed by atoms with van der Waals surface area (Å²) in [5.41, 5.74) is 5.58. The summed E-state index contributed by atoms with van der Waals surface area (Å²) in [7, 11) is 0. The second-order valence-corrected chi connectivity index (χ2v) is 3.94. The van der Waals surface area contributed by atoms with Gasteiger partial charge in [0.05, 0.1) is 19.8 Å². The van der Waals surface area contributed by atoms with Crippen LogP contribution in [0.15, 0.2) is 24.0 Å². The molecule has 0 heterocycles. The third-order valence-corrected chi connectivity index (χ3v) is 2.31. The van der Waals surface area contributed by atoms with E-state index in [1.54, 1.807) is 17.2 Å². The Morgan fingerprint density at radius 1 is 1.32 bits per heavy atom. The van der Waals surface area contributed by atoms with Gasteiger partial charge in [-0.05, 0) is 24.8 Å². The Kier molecular flexibility index (Phi) is 10.6. The third-order valence-electron chi connectivity index (χ3n) is 2.31. The van der Waals surface area contributed by atoms with Gasteiger partial charge in [0.1, 0.15) is 5.70 Å². The zero-order chi connectivity index (χ0) is 14.5. The Labute approximate surface area is 114 Å². The maximum Gasteiger partial charge on any atom is 0.354 e. The number of allylic oxidation sites excluding steroid dienone is 2. The van der Waals surface area contributed by atoms with Gasteiger partial charge in [0.15, 0.2) is 0 Å². The van der Waals surface area contributed by atoms with Crippen molar-refractivity contribution in [2.75, 3.05) is 32.9 Å². The molecule has 0 aliphatic heterocycles. The van der Waals surface area contributed by atoms with Gasteiger partial charge < -0.3 is 25.6 Å². The summed E-state index contributed by atoms with van der Waals surface area (Å²) >= 11 is 0.